The quantitative estimate of drug-likeness (QED) is 0.885. The van der Waals surface area contributed by atoms with Gasteiger partial charge in [0.2, 0.25) is 0 Å². The summed E-state index contributed by atoms with van der Waals surface area (Å²) in [7, 11) is 0. The molecule has 0 saturated heterocycles. The minimum absolute atomic E-state index is 0.0186. The third-order valence-corrected chi connectivity index (χ3v) is 4.50. The Kier molecular flexibility index (Phi) is 3.83. The number of pyridine rings is 1. The summed E-state index contributed by atoms with van der Waals surface area (Å²) in [5.74, 6) is 0. The van der Waals surface area contributed by atoms with E-state index in [4.69, 9.17) is 29.6 Å². The van der Waals surface area contributed by atoms with Crippen LogP contribution in [-0.2, 0) is 19.4 Å². The largest absolute Gasteiger partial charge is 0.389 e. The van der Waals surface area contributed by atoms with Gasteiger partial charge in [-0.25, -0.2) is 0 Å². The highest BCUT2D eigenvalue weighted by Crippen LogP contribution is 2.23. The van der Waals surface area contributed by atoms with Crippen LogP contribution in [0.1, 0.15) is 28.8 Å². The maximum atomic E-state index is 12.1. The average molecular weight is 319 g/mol. The molecule has 21 heavy (non-hydrogen) atoms. The number of rotatable bonds is 3. The molecule has 1 heterocycles. The summed E-state index contributed by atoms with van der Waals surface area (Å²) >= 11 is 11.2. The number of hydrogen-bond acceptors (Lipinski definition) is 2. The molecular weight excluding hydrogens is 304 g/mol. The predicted molar refractivity (Wildman–Crippen MR) is 89.2 cm³/mol. The standard InChI is InChI=1S/C16H15ClN2OS/c17-13-8-11(16(18)21)4-5-12(13)9-19-14-3-1-2-10(14)6-7-15(19)20/h4-8H,1-3,9H2,(H2,18,21). The van der Waals surface area contributed by atoms with Crippen molar-refractivity contribution in [1.29, 1.82) is 0 Å². The molecule has 0 saturated carbocycles. The van der Waals surface area contributed by atoms with Crippen molar-refractivity contribution in [3.63, 3.8) is 0 Å². The Morgan fingerprint density at radius 1 is 1.29 bits per heavy atom. The van der Waals surface area contributed by atoms with E-state index in [1.54, 1.807) is 12.1 Å². The second kappa shape index (κ2) is 5.62. The van der Waals surface area contributed by atoms with Crippen LogP contribution >= 0.6 is 23.8 Å². The van der Waals surface area contributed by atoms with Crippen LogP contribution in [0.3, 0.4) is 0 Å². The summed E-state index contributed by atoms with van der Waals surface area (Å²) in [5.41, 5.74) is 9.67. The highest BCUT2D eigenvalue weighted by atomic mass is 35.5. The first-order chi connectivity index (χ1) is 10.1. The predicted octanol–water partition coefficient (Wildman–Crippen LogP) is 2.67. The number of hydrogen-bond donors (Lipinski definition) is 1. The molecule has 0 spiro atoms. The lowest BCUT2D eigenvalue weighted by atomic mass is 10.1. The van der Waals surface area contributed by atoms with E-state index in [0.29, 0.717) is 16.6 Å². The third-order valence-electron chi connectivity index (χ3n) is 3.92. The second-order valence-electron chi connectivity index (χ2n) is 5.25. The molecule has 0 fully saturated rings. The molecule has 0 radical (unpaired) electrons. The van der Waals surface area contributed by atoms with Crippen molar-refractivity contribution in [2.75, 3.05) is 0 Å². The minimum Gasteiger partial charge on any atom is -0.389 e. The van der Waals surface area contributed by atoms with E-state index in [1.165, 1.54) is 5.56 Å². The zero-order valence-corrected chi connectivity index (χ0v) is 13.0. The van der Waals surface area contributed by atoms with Gasteiger partial charge in [-0.05, 0) is 36.5 Å². The van der Waals surface area contributed by atoms with E-state index in [1.807, 2.05) is 22.8 Å². The first-order valence-corrected chi connectivity index (χ1v) is 7.64. The average Bonchev–Trinajstić information content (AvgIpc) is 2.92. The van der Waals surface area contributed by atoms with Gasteiger partial charge < -0.3 is 10.3 Å². The Labute approximate surface area is 133 Å². The van der Waals surface area contributed by atoms with Gasteiger partial charge in [-0.3, -0.25) is 4.79 Å². The van der Waals surface area contributed by atoms with Gasteiger partial charge in [-0.2, -0.15) is 0 Å². The zero-order chi connectivity index (χ0) is 15.0. The van der Waals surface area contributed by atoms with Gasteiger partial charge in [0.05, 0.1) is 6.54 Å². The molecule has 1 aliphatic carbocycles. The van der Waals surface area contributed by atoms with Gasteiger partial charge in [-0.1, -0.05) is 42.0 Å². The summed E-state index contributed by atoms with van der Waals surface area (Å²) in [6.45, 7) is 0.485. The van der Waals surface area contributed by atoms with Crippen molar-refractivity contribution < 1.29 is 0 Å². The number of thiocarbonyl (C=S) groups is 1. The normalized spacial score (nSPS) is 13.2. The van der Waals surface area contributed by atoms with Gasteiger partial charge in [0.15, 0.2) is 0 Å². The number of nitrogens with zero attached hydrogens (tertiary/aromatic N) is 1. The Balaban J connectivity index is 2.00. The highest BCUT2D eigenvalue weighted by molar-refractivity contribution is 7.80. The summed E-state index contributed by atoms with van der Waals surface area (Å²) < 4.78 is 1.82. The molecule has 0 atom stereocenters. The molecule has 1 aliphatic rings. The summed E-state index contributed by atoms with van der Waals surface area (Å²) in [4.78, 5) is 12.5. The van der Waals surface area contributed by atoms with Crippen LogP contribution in [0.15, 0.2) is 35.1 Å². The maximum Gasteiger partial charge on any atom is 0.251 e. The smallest absolute Gasteiger partial charge is 0.251 e. The minimum atomic E-state index is 0.0186. The summed E-state index contributed by atoms with van der Waals surface area (Å²) in [5, 5.41) is 0.586. The van der Waals surface area contributed by atoms with Crippen LogP contribution in [-0.4, -0.2) is 9.56 Å². The Bertz CT molecular complexity index is 782. The van der Waals surface area contributed by atoms with E-state index in [-0.39, 0.29) is 5.56 Å². The van der Waals surface area contributed by atoms with Crippen LogP contribution in [0, 0.1) is 0 Å². The van der Waals surface area contributed by atoms with E-state index in [2.05, 4.69) is 0 Å². The molecule has 2 aromatic rings. The van der Waals surface area contributed by atoms with Crippen molar-refractivity contribution in [2.45, 2.75) is 25.8 Å². The Hall–Kier alpha value is -1.65. The van der Waals surface area contributed by atoms with Crippen molar-refractivity contribution in [1.82, 2.24) is 4.57 Å². The molecule has 0 bridgehead atoms. The molecule has 0 amide bonds. The summed E-state index contributed by atoms with van der Waals surface area (Å²) in [6, 6.07) is 9.07. The van der Waals surface area contributed by atoms with Gasteiger partial charge in [0, 0.05) is 22.3 Å². The van der Waals surface area contributed by atoms with Gasteiger partial charge >= 0.3 is 0 Å². The fraction of sp³-hybridized carbons (Fsp3) is 0.250. The molecule has 3 nitrogen and oxygen atoms in total. The number of benzene rings is 1. The fourth-order valence-corrected chi connectivity index (χ4v) is 3.17. The number of nitrogens with two attached hydrogens (primary N) is 1. The lowest BCUT2D eigenvalue weighted by Gasteiger charge is -2.13. The topological polar surface area (TPSA) is 48.0 Å². The van der Waals surface area contributed by atoms with Gasteiger partial charge in [-0.15, -0.1) is 0 Å². The lowest BCUT2D eigenvalue weighted by molar-refractivity contribution is 0.707. The molecule has 5 heteroatoms. The first kappa shape index (κ1) is 14.3. The van der Waals surface area contributed by atoms with E-state index in [0.717, 1.165) is 36.1 Å². The van der Waals surface area contributed by atoms with Crippen LogP contribution in [0.5, 0.6) is 0 Å². The number of fused-ring (bicyclic) bond motifs is 1. The highest BCUT2D eigenvalue weighted by Gasteiger charge is 2.16. The van der Waals surface area contributed by atoms with E-state index < -0.39 is 0 Å². The SMILES string of the molecule is NC(=S)c1ccc(Cn2c3c(ccc2=O)CCC3)c(Cl)c1. The zero-order valence-electron chi connectivity index (χ0n) is 11.4. The van der Waals surface area contributed by atoms with Gasteiger partial charge in [0.1, 0.15) is 4.99 Å². The van der Waals surface area contributed by atoms with E-state index in [9.17, 15) is 4.79 Å². The molecule has 0 aliphatic heterocycles. The van der Waals surface area contributed by atoms with Crippen LogP contribution in [0.2, 0.25) is 5.02 Å². The third kappa shape index (κ3) is 2.74. The maximum absolute atomic E-state index is 12.1. The molecule has 0 unspecified atom stereocenters. The molecule has 1 aromatic heterocycles. The monoisotopic (exact) mass is 318 g/mol. The molecule has 108 valence electrons. The van der Waals surface area contributed by atoms with Crippen LogP contribution in [0.4, 0.5) is 0 Å². The second-order valence-corrected chi connectivity index (χ2v) is 6.10. The van der Waals surface area contributed by atoms with E-state index >= 15 is 0 Å². The number of aromatic nitrogens is 1. The fourth-order valence-electron chi connectivity index (χ4n) is 2.81. The van der Waals surface area contributed by atoms with Crippen molar-refractivity contribution in [3.05, 3.63) is 68.1 Å². The lowest BCUT2D eigenvalue weighted by Crippen LogP contribution is -2.23. The number of halogens is 1. The molecule has 2 N–H and O–H groups in total. The van der Waals surface area contributed by atoms with Crippen molar-refractivity contribution >= 4 is 28.8 Å². The van der Waals surface area contributed by atoms with Crippen LogP contribution in [0.25, 0.3) is 0 Å². The van der Waals surface area contributed by atoms with Crippen molar-refractivity contribution in [2.24, 2.45) is 5.73 Å². The van der Waals surface area contributed by atoms with Gasteiger partial charge in [0.25, 0.3) is 5.56 Å². The van der Waals surface area contributed by atoms with Crippen LogP contribution < -0.4 is 11.3 Å². The number of aryl methyl sites for hydroxylation is 1. The van der Waals surface area contributed by atoms with Crippen molar-refractivity contribution in [3.8, 4) is 0 Å². The molecular formula is C16H15ClN2OS. The molecule has 1 aromatic carbocycles. The summed E-state index contributed by atoms with van der Waals surface area (Å²) in [6.07, 6.45) is 3.10. The Morgan fingerprint density at radius 3 is 2.81 bits per heavy atom. The molecule has 3 rings (SSSR count). The first-order valence-electron chi connectivity index (χ1n) is 6.86. The Morgan fingerprint density at radius 2 is 2.10 bits per heavy atom.